The van der Waals surface area contributed by atoms with Crippen molar-refractivity contribution < 1.29 is 4.79 Å². The molecular weight excluding hydrogens is 394 g/mol. The molecule has 1 saturated heterocycles. The summed E-state index contributed by atoms with van der Waals surface area (Å²) in [4.78, 5) is 27.2. The Morgan fingerprint density at radius 2 is 2.10 bits per heavy atom. The molecule has 5 rings (SSSR count). The molecule has 0 aliphatic carbocycles. The Labute approximate surface area is 179 Å². The van der Waals surface area contributed by atoms with Gasteiger partial charge < -0.3 is 9.30 Å². The molecule has 4 aromatic heterocycles. The van der Waals surface area contributed by atoms with E-state index < -0.39 is 0 Å². The van der Waals surface area contributed by atoms with Gasteiger partial charge in [0.2, 0.25) is 5.91 Å². The highest BCUT2D eigenvalue weighted by Crippen LogP contribution is 2.28. The Balaban J connectivity index is 1.40. The van der Waals surface area contributed by atoms with E-state index in [1.54, 1.807) is 17.5 Å². The van der Waals surface area contributed by atoms with Gasteiger partial charge in [-0.3, -0.25) is 14.7 Å². The van der Waals surface area contributed by atoms with E-state index in [1.165, 1.54) is 0 Å². The summed E-state index contributed by atoms with van der Waals surface area (Å²) in [5, 5.41) is 2.02. The summed E-state index contributed by atoms with van der Waals surface area (Å²) >= 11 is 1.64. The molecule has 152 valence electrons. The highest BCUT2D eigenvalue weighted by molar-refractivity contribution is 7.10. The Morgan fingerprint density at radius 3 is 2.90 bits per heavy atom. The van der Waals surface area contributed by atoms with E-state index in [9.17, 15) is 4.79 Å². The van der Waals surface area contributed by atoms with Gasteiger partial charge in [0.05, 0.1) is 30.0 Å². The quantitative estimate of drug-likeness (QED) is 0.510. The Hall–Kier alpha value is -3.03. The molecule has 6 nitrogen and oxygen atoms in total. The number of nitrogens with zero attached hydrogens (tertiary/aromatic N) is 5. The van der Waals surface area contributed by atoms with Gasteiger partial charge in [0.25, 0.3) is 0 Å². The fourth-order valence-electron chi connectivity index (χ4n) is 4.05. The normalized spacial score (nSPS) is 17.5. The molecule has 7 heteroatoms. The number of imidazole rings is 1. The first-order valence-corrected chi connectivity index (χ1v) is 10.9. The highest BCUT2D eigenvalue weighted by Gasteiger charge is 2.31. The van der Waals surface area contributed by atoms with Crippen molar-refractivity contribution in [2.75, 3.05) is 26.7 Å². The molecule has 0 aromatic carbocycles. The van der Waals surface area contributed by atoms with Crippen LogP contribution in [0.5, 0.6) is 0 Å². The van der Waals surface area contributed by atoms with Crippen molar-refractivity contribution in [3.05, 3.63) is 77.3 Å². The van der Waals surface area contributed by atoms with Crippen LogP contribution in [0.2, 0.25) is 0 Å². The van der Waals surface area contributed by atoms with Crippen molar-refractivity contribution in [1.29, 1.82) is 0 Å². The molecule has 1 amide bonds. The van der Waals surface area contributed by atoms with Gasteiger partial charge in [-0.05, 0) is 36.2 Å². The second-order valence-corrected chi connectivity index (χ2v) is 8.71. The molecule has 1 aliphatic heterocycles. The first-order valence-electron chi connectivity index (χ1n) is 10.1. The lowest BCUT2D eigenvalue weighted by Gasteiger charge is -2.39. The number of aromatic nitrogens is 3. The minimum Gasteiger partial charge on any atom is -0.339 e. The van der Waals surface area contributed by atoms with Crippen LogP contribution in [-0.2, 0) is 11.2 Å². The van der Waals surface area contributed by atoms with Gasteiger partial charge in [-0.2, -0.15) is 0 Å². The molecular formula is C23H23N5OS. The largest absolute Gasteiger partial charge is 0.339 e. The number of thiophene rings is 1. The number of pyridine rings is 2. The molecule has 0 spiro atoms. The summed E-state index contributed by atoms with van der Waals surface area (Å²) in [6, 6.07) is 12.3. The van der Waals surface area contributed by atoms with Crippen molar-refractivity contribution in [3.8, 4) is 11.1 Å². The van der Waals surface area contributed by atoms with Crippen LogP contribution in [-0.4, -0.2) is 56.8 Å². The molecule has 0 unspecified atom stereocenters. The van der Waals surface area contributed by atoms with Crippen LogP contribution < -0.4 is 0 Å². The fourth-order valence-corrected chi connectivity index (χ4v) is 4.75. The predicted molar refractivity (Wildman–Crippen MR) is 118 cm³/mol. The molecule has 0 saturated carbocycles. The van der Waals surface area contributed by atoms with E-state index in [2.05, 4.69) is 45.7 Å². The fraction of sp³-hybridized carbons (Fsp3) is 0.261. The lowest BCUT2D eigenvalue weighted by Crippen LogP contribution is -2.49. The van der Waals surface area contributed by atoms with Gasteiger partial charge in [-0.1, -0.05) is 18.2 Å². The summed E-state index contributed by atoms with van der Waals surface area (Å²) in [6.45, 7) is 2.26. The molecule has 30 heavy (non-hydrogen) atoms. The third-order valence-corrected chi connectivity index (χ3v) is 6.65. The standard InChI is InChI=1S/C23H23N5OS/c1-26-9-10-27(22(29)12-19-5-3-11-30-19)15-21(26)23-20-7-6-18(14-28(20)16-25-23)17-4-2-8-24-13-17/h2-8,11,13-14,16,21H,9-10,12,15H2,1H3/t21-/m0/s1. The first-order chi connectivity index (χ1) is 14.7. The minimum absolute atomic E-state index is 0.0836. The average molecular weight is 418 g/mol. The summed E-state index contributed by atoms with van der Waals surface area (Å²) in [6.07, 6.45) is 8.08. The first kappa shape index (κ1) is 19.0. The van der Waals surface area contributed by atoms with Crippen molar-refractivity contribution in [3.63, 3.8) is 0 Å². The maximum absolute atomic E-state index is 12.8. The molecule has 1 fully saturated rings. The number of carbonyl (C=O) groups is 1. The maximum atomic E-state index is 12.8. The summed E-state index contributed by atoms with van der Waals surface area (Å²) < 4.78 is 2.07. The van der Waals surface area contributed by atoms with E-state index in [-0.39, 0.29) is 11.9 Å². The number of hydrogen-bond donors (Lipinski definition) is 0. The predicted octanol–water partition coefficient (Wildman–Crippen LogP) is 3.52. The SMILES string of the molecule is CN1CCN(C(=O)Cc2cccs2)C[C@H]1c1ncn2cc(-c3cccnc3)ccc12. The van der Waals surface area contributed by atoms with Gasteiger partial charge in [-0.25, -0.2) is 4.98 Å². The van der Waals surface area contributed by atoms with Gasteiger partial charge in [0.1, 0.15) is 0 Å². The Kier molecular flexibility index (Phi) is 5.06. The smallest absolute Gasteiger partial charge is 0.227 e. The number of carbonyl (C=O) groups excluding carboxylic acids is 1. The number of likely N-dealkylation sites (N-methyl/N-ethyl adjacent to an activating group) is 1. The lowest BCUT2D eigenvalue weighted by molar-refractivity contribution is -0.133. The lowest BCUT2D eigenvalue weighted by atomic mass is 10.1. The monoisotopic (exact) mass is 417 g/mol. The summed E-state index contributed by atoms with van der Waals surface area (Å²) in [5.74, 6) is 0.193. The second kappa shape index (κ2) is 8.01. The molecule has 5 heterocycles. The van der Waals surface area contributed by atoms with Gasteiger partial charge >= 0.3 is 0 Å². The molecule has 1 aliphatic rings. The molecule has 0 radical (unpaired) electrons. The summed E-state index contributed by atoms with van der Waals surface area (Å²) in [5.41, 5.74) is 4.27. The maximum Gasteiger partial charge on any atom is 0.227 e. The number of amides is 1. The second-order valence-electron chi connectivity index (χ2n) is 7.67. The van der Waals surface area contributed by atoms with E-state index in [0.717, 1.165) is 40.3 Å². The van der Waals surface area contributed by atoms with E-state index in [4.69, 9.17) is 4.98 Å². The number of piperazine rings is 1. The third kappa shape index (κ3) is 3.62. The van der Waals surface area contributed by atoms with Crippen molar-refractivity contribution in [2.24, 2.45) is 0 Å². The molecule has 0 bridgehead atoms. The van der Waals surface area contributed by atoms with Crippen LogP contribution in [0.25, 0.3) is 16.6 Å². The van der Waals surface area contributed by atoms with Gasteiger partial charge in [0, 0.05) is 48.7 Å². The van der Waals surface area contributed by atoms with Crippen LogP contribution in [0.4, 0.5) is 0 Å². The zero-order chi connectivity index (χ0) is 20.5. The van der Waals surface area contributed by atoms with E-state index in [1.807, 2.05) is 41.0 Å². The van der Waals surface area contributed by atoms with Crippen molar-refractivity contribution >= 4 is 22.8 Å². The zero-order valence-electron chi connectivity index (χ0n) is 16.8. The Morgan fingerprint density at radius 1 is 1.17 bits per heavy atom. The summed E-state index contributed by atoms with van der Waals surface area (Å²) in [7, 11) is 2.11. The van der Waals surface area contributed by atoms with Crippen LogP contribution in [0, 0.1) is 0 Å². The average Bonchev–Trinajstić information content (AvgIpc) is 3.44. The topological polar surface area (TPSA) is 53.7 Å². The van der Waals surface area contributed by atoms with Crippen LogP contribution in [0.3, 0.4) is 0 Å². The molecule has 0 N–H and O–H groups in total. The highest BCUT2D eigenvalue weighted by atomic mass is 32.1. The van der Waals surface area contributed by atoms with Crippen molar-refractivity contribution in [2.45, 2.75) is 12.5 Å². The van der Waals surface area contributed by atoms with E-state index in [0.29, 0.717) is 13.0 Å². The number of hydrogen-bond acceptors (Lipinski definition) is 5. The number of rotatable bonds is 4. The zero-order valence-corrected chi connectivity index (χ0v) is 17.6. The van der Waals surface area contributed by atoms with Gasteiger partial charge in [-0.15, -0.1) is 11.3 Å². The number of fused-ring (bicyclic) bond motifs is 1. The third-order valence-electron chi connectivity index (χ3n) is 5.78. The van der Waals surface area contributed by atoms with Crippen LogP contribution in [0.1, 0.15) is 16.6 Å². The molecule has 4 aromatic rings. The Bertz CT molecular complexity index is 1160. The molecule has 1 atom stereocenters. The van der Waals surface area contributed by atoms with Crippen LogP contribution in [0.15, 0.2) is 66.7 Å². The van der Waals surface area contributed by atoms with Crippen molar-refractivity contribution in [1.82, 2.24) is 24.2 Å². The van der Waals surface area contributed by atoms with Gasteiger partial charge in [0.15, 0.2) is 0 Å². The van der Waals surface area contributed by atoms with Crippen LogP contribution >= 0.6 is 11.3 Å². The minimum atomic E-state index is 0.0836. The van der Waals surface area contributed by atoms with E-state index >= 15 is 0 Å².